The summed E-state index contributed by atoms with van der Waals surface area (Å²) in [5.74, 6) is 0. The van der Waals surface area contributed by atoms with E-state index in [9.17, 15) is 0 Å². The highest BCUT2D eigenvalue weighted by Crippen LogP contribution is 2.39. The fraction of sp³-hybridized carbons (Fsp3) is 0. The maximum absolute atomic E-state index is 2.36. The highest BCUT2D eigenvalue weighted by Gasteiger charge is 2.15. The lowest BCUT2D eigenvalue weighted by atomic mass is 9.97. The van der Waals surface area contributed by atoms with Crippen LogP contribution >= 0.6 is 0 Å². The summed E-state index contributed by atoms with van der Waals surface area (Å²) in [6.07, 6.45) is 0. The van der Waals surface area contributed by atoms with Gasteiger partial charge in [-0.1, -0.05) is 194 Å². The SMILES string of the molecule is c1ccc(-c2ccc(-c3ccc(N(c4ccc(-c5cccc(-c6ccc7ccccc7c6)c5)cc4)c4cccc(-c5cccc(-c6ccccc6)c5)c4)cc3)cc2)cc1. The molecule has 0 radical (unpaired) electrons. The van der Waals surface area contributed by atoms with Gasteiger partial charge in [0.05, 0.1) is 0 Å². The van der Waals surface area contributed by atoms with Crippen LogP contribution in [-0.2, 0) is 0 Å². The Morgan fingerprint density at radius 2 is 0.492 bits per heavy atom. The fourth-order valence-corrected chi connectivity index (χ4v) is 8.12. The van der Waals surface area contributed by atoms with Gasteiger partial charge in [0.1, 0.15) is 0 Å². The van der Waals surface area contributed by atoms with Crippen LogP contribution in [0.2, 0.25) is 0 Å². The predicted octanol–water partition coefficient (Wildman–Crippen LogP) is 16.3. The molecule has 278 valence electrons. The van der Waals surface area contributed by atoms with Crippen molar-refractivity contribution in [2.75, 3.05) is 4.90 Å². The quantitative estimate of drug-likeness (QED) is 0.142. The van der Waals surface area contributed by atoms with E-state index in [1.807, 2.05) is 0 Å². The van der Waals surface area contributed by atoms with Crippen molar-refractivity contribution < 1.29 is 0 Å². The molecule has 0 saturated carbocycles. The summed E-state index contributed by atoms with van der Waals surface area (Å²) < 4.78 is 0. The number of hydrogen-bond acceptors (Lipinski definition) is 1. The maximum atomic E-state index is 2.36. The zero-order valence-electron chi connectivity index (χ0n) is 32.6. The monoisotopic (exact) mass is 751 g/mol. The number of nitrogens with zero attached hydrogens (tertiary/aromatic N) is 1. The number of fused-ring (bicyclic) bond motifs is 1. The minimum atomic E-state index is 1.09. The third-order valence-corrected chi connectivity index (χ3v) is 11.3. The van der Waals surface area contributed by atoms with E-state index in [1.54, 1.807) is 0 Å². The van der Waals surface area contributed by atoms with E-state index >= 15 is 0 Å². The first-order valence-electron chi connectivity index (χ1n) is 20.2. The van der Waals surface area contributed by atoms with Gasteiger partial charge in [0, 0.05) is 17.1 Å². The smallest absolute Gasteiger partial charge is 0.0467 e. The van der Waals surface area contributed by atoms with Gasteiger partial charge in [0.25, 0.3) is 0 Å². The topological polar surface area (TPSA) is 3.24 Å². The van der Waals surface area contributed by atoms with Crippen LogP contribution in [0.15, 0.2) is 249 Å². The maximum Gasteiger partial charge on any atom is 0.0467 e. The van der Waals surface area contributed by atoms with Crippen LogP contribution in [0.5, 0.6) is 0 Å². The van der Waals surface area contributed by atoms with Crippen molar-refractivity contribution in [2.24, 2.45) is 0 Å². The van der Waals surface area contributed by atoms with Crippen LogP contribution in [0, 0.1) is 0 Å². The molecule has 0 spiro atoms. The first kappa shape index (κ1) is 35.7. The Morgan fingerprint density at radius 1 is 0.169 bits per heavy atom. The highest BCUT2D eigenvalue weighted by atomic mass is 15.1. The minimum Gasteiger partial charge on any atom is -0.310 e. The molecule has 0 aliphatic heterocycles. The summed E-state index contributed by atoms with van der Waals surface area (Å²) in [7, 11) is 0. The summed E-state index contributed by atoms with van der Waals surface area (Å²) in [4.78, 5) is 2.36. The molecule has 0 bridgehead atoms. The van der Waals surface area contributed by atoms with Gasteiger partial charge in [-0.2, -0.15) is 0 Å². The highest BCUT2D eigenvalue weighted by molar-refractivity contribution is 5.88. The fourth-order valence-electron chi connectivity index (χ4n) is 8.12. The Labute approximate surface area is 346 Å². The Kier molecular flexibility index (Phi) is 9.68. The average molecular weight is 752 g/mol. The Hall–Kier alpha value is -7.74. The predicted molar refractivity (Wildman–Crippen MR) is 251 cm³/mol. The summed E-state index contributed by atoms with van der Waals surface area (Å²) in [5, 5.41) is 2.51. The van der Waals surface area contributed by atoms with E-state index in [1.165, 1.54) is 77.5 Å². The molecule has 10 aromatic carbocycles. The molecular formula is C58H41N. The summed E-state index contributed by atoms with van der Waals surface area (Å²) in [5.41, 5.74) is 17.7. The molecule has 0 atom stereocenters. The normalized spacial score (nSPS) is 11.1. The van der Waals surface area contributed by atoms with Crippen molar-refractivity contribution in [1.29, 1.82) is 0 Å². The van der Waals surface area contributed by atoms with Crippen molar-refractivity contribution in [3.05, 3.63) is 249 Å². The average Bonchev–Trinajstić information content (AvgIpc) is 3.33. The summed E-state index contributed by atoms with van der Waals surface area (Å²) in [6, 6.07) is 89.8. The van der Waals surface area contributed by atoms with Gasteiger partial charge in [-0.15, -0.1) is 0 Å². The molecule has 0 aliphatic rings. The zero-order valence-corrected chi connectivity index (χ0v) is 32.6. The molecule has 1 heteroatoms. The molecule has 10 aromatic rings. The molecule has 0 unspecified atom stereocenters. The van der Waals surface area contributed by atoms with Crippen LogP contribution in [0.3, 0.4) is 0 Å². The van der Waals surface area contributed by atoms with E-state index in [2.05, 4.69) is 254 Å². The lowest BCUT2D eigenvalue weighted by molar-refractivity contribution is 1.28. The standard InChI is InChI=1S/C58H41N/c1-3-12-42(13-4-1)45-24-26-46(27-25-45)47-30-34-56(35-31-47)59(58-23-11-22-54(41-58)52-20-9-18-50(38-52)43-14-5-2-6-15-43)57-36-32-48(33-37-57)51-19-10-21-53(39-51)55-29-28-44-16-7-8-17-49(44)40-55/h1-41H. The van der Waals surface area contributed by atoms with E-state index in [4.69, 9.17) is 0 Å². The van der Waals surface area contributed by atoms with E-state index in [0.29, 0.717) is 0 Å². The van der Waals surface area contributed by atoms with Gasteiger partial charge in [0.2, 0.25) is 0 Å². The molecule has 0 heterocycles. The van der Waals surface area contributed by atoms with Gasteiger partial charge >= 0.3 is 0 Å². The molecule has 0 N–H and O–H groups in total. The van der Waals surface area contributed by atoms with Crippen molar-refractivity contribution >= 4 is 27.8 Å². The zero-order chi connectivity index (χ0) is 39.4. The molecule has 0 aromatic heterocycles. The number of rotatable bonds is 9. The molecule has 0 aliphatic carbocycles. The Morgan fingerprint density at radius 3 is 1.02 bits per heavy atom. The third-order valence-electron chi connectivity index (χ3n) is 11.3. The Bertz CT molecular complexity index is 3000. The second kappa shape index (κ2) is 16.0. The Balaban J connectivity index is 0.999. The summed E-state index contributed by atoms with van der Waals surface area (Å²) in [6.45, 7) is 0. The van der Waals surface area contributed by atoms with E-state index in [-0.39, 0.29) is 0 Å². The third kappa shape index (κ3) is 7.58. The second-order valence-corrected chi connectivity index (χ2v) is 15.0. The van der Waals surface area contributed by atoms with Crippen molar-refractivity contribution in [3.63, 3.8) is 0 Å². The first-order chi connectivity index (χ1) is 29.2. The van der Waals surface area contributed by atoms with Gasteiger partial charge in [-0.05, 0) is 132 Å². The molecule has 10 rings (SSSR count). The van der Waals surface area contributed by atoms with Crippen LogP contribution < -0.4 is 4.90 Å². The van der Waals surface area contributed by atoms with Gasteiger partial charge in [-0.25, -0.2) is 0 Å². The lowest BCUT2D eigenvalue weighted by Gasteiger charge is -2.26. The molecule has 59 heavy (non-hydrogen) atoms. The van der Waals surface area contributed by atoms with Gasteiger partial charge in [0.15, 0.2) is 0 Å². The molecular weight excluding hydrogens is 711 g/mol. The van der Waals surface area contributed by atoms with Crippen LogP contribution in [-0.4, -0.2) is 0 Å². The molecule has 0 amide bonds. The molecule has 0 fully saturated rings. The van der Waals surface area contributed by atoms with E-state index < -0.39 is 0 Å². The van der Waals surface area contributed by atoms with Crippen molar-refractivity contribution in [3.8, 4) is 66.8 Å². The number of hydrogen-bond donors (Lipinski definition) is 0. The van der Waals surface area contributed by atoms with Crippen LogP contribution in [0.4, 0.5) is 17.1 Å². The largest absolute Gasteiger partial charge is 0.310 e. The van der Waals surface area contributed by atoms with Gasteiger partial charge in [-0.3, -0.25) is 0 Å². The van der Waals surface area contributed by atoms with Gasteiger partial charge < -0.3 is 4.90 Å². The van der Waals surface area contributed by atoms with E-state index in [0.717, 1.165) is 17.1 Å². The first-order valence-corrected chi connectivity index (χ1v) is 20.2. The van der Waals surface area contributed by atoms with Crippen molar-refractivity contribution in [1.82, 2.24) is 0 Å². The molecule has 0 saturated heterocycles. The number of benzene rings is 10. The van der Waals surface area contributed by atoms with Crippen LogP contribution in [0.1, 0.15) is 0 Å². The minimum absolute atomic E-state index is 1.09. The molecule has 1 nitrogen and oxygen atoms in total. The van der Waals surface area contributed by atoms with Crippen molar-refractivity contribution in [2.45, 2.75) is 0 Å². The number of anilines is 3. The van der Waals surface area contributed by atoms with Crippen LogP contribution in [0.25, 0.3) is 77.5 Å². The summed E-state index contributed by atoms with van der Waals surface area (Å²) >= 11 is 0. The second-order valence-electron chi connectivity index (χ2n) is 15.0. The lowest BCUT2D eigenvalue weighted by Crippen LogP contribution is -2.10.